The predicted octanol–water partition coefficient (Wildman–Crippen LogP) is 0.314. The molecule has 100 valence electrons. The van der Waals surface area contributed by atoms with Crippen molar-refractivity contribution >= 4 is 15.7 Å². The number of carbonyl (C=O) groups is 1. The van der Waals surface area contributed by atoms with Crippen LogP contribution in [-0.2, 0) is 21.2 Å². The zero-order chi connectivity index (χ0) is 13.8. The molecule has 0 heterocycles. The minimum Gasteiger partial charge on any atom is -0.351 e. The lowest BCUT2D eigenvalue weighted by molar-refractivity contribution is -0.122. The minimum atomic E-state index is -3.17. The van der Waals surface area contributed by atoms with Gasteiger partial charge in [-0.2, -0.15) is 0 Å². The average Bonchev–Trinajstić information content (AvgIpc) is 2.34. The standard InChI is InChI=1S/C12H18N2O3S/c1-9(13-2)12(15)14-8-10-4-6-11(7-5-10)18(3,16)17/h4-7,9,13H,8H2,1-3H3,(H,14,15). The fourth-order valence-electron chi connectivity index (χ4n) is 1.33. The summed E-state index contributed by atoms with van der Waals surface area (Å²) in [5.41, 5.74) is 0.860. The molecule has 1 aromatic rings. The maximum Gasteiger partial charge on any atom is 0.237 e. The lowest BCUT2D eigenvalue weighted by Gasteiger charge is -2.11. The molecule has 0 fully saturated rings. The quantitative estimate of drug-likeness (QED) is 0.807. The molecule has 1 amide bonds. The summed E-state index contributed by atoms with van der Waals surface area (Å²) in [6.45, 7) is 2.15. The van der Waals surface area contributed by atoms with E-state index in [0.717, 1.165) is 5.56 Å². The van der Waals surface area contributed by atoms with Crippen molar-refractivity contribution in [2.24, 2.45) is 0 Å². The Morgan fingerprint density at radius 3 is 2.28 bits per heavy atom. The first-order valence-corrected chi connectivity index (χ1v) is 7.47. The van der Waals surface area contributed by atoms with E-state index in [1.807, 2.05) is 0 Å². The molecule has 0 aliphatic heterocycles. The van der Waals surface area contributed by atoms with Crippen LogP contribution in [0.5, 0.6) is 0 Å². The molecular weight excluding hydrogens is 252 g/mol. The van der Waals surface area contributed by atoms with E-state index in [9.17, 15) is 13.2 Å². The van der Waals surface area contributed by atoms with Gasteiger partial charge in [0.05, 0.1) is 10.9 Å². The summed E-state index contributed by atoms with van der Waals surface area (Å²) in [5, 5.41) is 5.60. The zero-order valence-corrected chi connectivity index (χ0v) is 11.5. The lowest BCUT2D eigenvalue weighted by atomic mass is 10.2. The monoisotopic (exact) mass is 270 g/mol. The molecule has 5 nitrogen and oxygen atoms in total. The van der Waals surface area contributed by atoms with Crippen LogP contribution in [0.4, 0.5) is 0 Å². The van der Waals surface area contributed by atoms with Crippen LogP contribution in [0, 0.1) is 0 Å². The molecule has 0 aliphatic carbocycles. The van der Waals surface area contributed by atoms with Gasteiger partial charge < -0.3 is 10.6 Å². The van der Waals surface area contributed by atoms with Crippen molar-refractivity contribution in [2.75, 3.05) is 13.3 Å². The summed E-state index contributed by atoms with van der Waals surface area (Å²) >= 11 is 0. The van der Waals surface area contributed by atoms with E-state index < -0.39 is 9.84 Å². The van der Waals surface area contributed by atoms with Gasteiger partial charge in [-0.1, -0.05) is 12.1 Å². The van der Waals surface area contributed by atoms with Crippen molar-refractivity contribution in [1.29, 1.82) is 0 Å². The number of carbonyl (C=O) groups excluding carboxylic acids is 1. The third-order valence-electron chi connectivity index (χ3n) is 2.64. The summed E-state index contributed by atoms with van der Waals surface area (Å²) < 4.78 is 22.5. The van der Waals surface area contributed by atoms with Gasteiger partial charge in [-0.25, -0.2) is 8.42 Å². The van der Waals surface area contributed by atoms with Crippen LogP contribution in [0.1, 0.15) is 12.5 Å². The van der Waals surface area contributed by atoms with Crippen LogP contribution < -0.4 is 10.6 Å². The van der Waals surface area contributed by atoms with Gasteiger partial charge in [0.25, 0.3) is 0 Å². The Balaban J connectivity index is 2.63. The Morgan fingerprint density at radius 1 is 1.28 bits per heavy atom. The van der Waals surface area contributed by atoms with Crippen LogP contribution in [0.15, 0.2) is 29.2 Å². The first kappa shape index (κ1) is 14.7. The van der Waals surface area contributed by atoms with Crippen LogP contribution in [0.25, 0.3) is 0 Å². The summed E-state index contributed by atoms with van der Waals surface area (Å²) in [6.07, 6.45) is 1.17. The highest BCUT2D eigenvalue weighted by Crippen LogP contribution is 2.10. The van der Waals surface area contributed by atoms with Gasteiger partial charge in [-0.3, -0.25) is 4.79 Å². The Hall–Kier alpha value is -1.40. The van der Waals surface area contributed by atoms with E-state index in [4.69, 9.17) is 0 Å². The van der Waals surface area contributed by atoms with Crippen LogP contribution in [0.2, 0.25) is 0 Å². The van der Waals surface area contributed by atoms with E-state index in [-0.39, 0.29) is 16.8 Å². The van der Waals surface area contributed by atoms with Crippen molar-refractivity contribution in [1.82, 2.24) is 10.6 Å². The number of rotatable bonds is 5. The molecule has 2 N–H and O–H groups in total. The molecule has 1 unspecified atom stereocenters. The normalized spacial score (nSPS) is 13.1. The smallest absolute Gasteiger partial charge is 0.237 e. The molecule has 6 heteroatoms. The number of hydrogen-bond donors (Lipinski definition) is 2. The first-order chi connectivity index (χ1) is 8.34. The number of hydrogen-bond acceptors (Lipinski definition) is 4. The third-order valence-corrected chi connectivity index (χ3v) is 3.77. The molecule has 1 rings (SSSR count). The highest BCUT2D eigenvalue weighted by atomic mass is 32.2. The second-order valence-electron chi connectivity index (χ2n) is 4.14. The van der Waals surface area contributed by atoms with Gasteiger partial charge in [0.1, 0.15) is 0 Å². The van der Waals surface area contributed by atoms with Crippen LogP contribution in [0.3, 0.4) is 0 Å². The number of likely N-dealkylation sites (N-methyl/N-ethyl adjacent to an activating group) is 1. The van der Waals surface area contributed by atoms with Gasteiger partial charge >= 0.3 is 0 Å². The fourth-order valence-corrected chi connectivity index (χ4v) is 1.96. The van der Waals surface area contributed by atoms with Gasteiger partial charge in [0, 0.05) is 12.8 Å². The Kier molecular flexibility index (Phi) is 4.86. The second-order valence-corrected chi connectivity index (χ2v) is 6.16. The largest absolute Gasteiger partial charge is 0.351 e. The molecule has 1 atom stereocenters. The maximum atomic E-state index is 11.5. The summed E-state index contributed by atoms with van der Waals surface area (Å²) in [6, 6.07) is 6.22. The van der Waals surface area contributed by atoms with Crippen molar-refractivity contribution in [3.63, 3.8) is 0 Å². The third kappa shape index (κ3) is 4.12. The molecule has 0 spiro atoms. The lowest BCUT2D eigenvalue weighted by Crippen LogP contribution is -2.39. The zero-order valence-electron chi connectivity index (χ0n) is 10.7. The Morgan fingerprint density at radius 2 is 1.83 bits per heavy atom. The average molecular weight is 270 g/mol. The summed E-state index contributed by atoms with van der Waals surface area (Å²) in [5.74, 6) is -0.0929. The molecule has 0 aromatic heterocycles. The number of amides is 1. The van der Waals surface area contributed by atoms with E-state index in [1.165, 1.54) is 6.26 Å². The van der Waals surface area contributed by atoms with E-state index in [1.54, 1.807) is 38.2 Å². The maximum absolute atomic E-state index is 11.5. The predicted molar refractivity (Wildman–Crippen MR) is 69.9 cm³/mol. The van der Waals surface area contributed by atoms with E-state index >= 15 is 0 Å². The number of sulfone groups is 1. The van der Waals surface area contributed by atoms with Crippen LogP contribution in [-0.4, -0.2) is 33.7 Å². The van der Waals surface area contributed by atoms with Gasteiger partial charge in [0.15, 0.2) is 9.84 Å². The van der Waals surface area contributed by atoms with Gasteiger partial charge in [-0.15, -0.1) is 0 Å². The summed E-state index contributed by atoms with van der Waals surface area (Å²) in [7, 11) is -1.45. The van der Waals surface area contributed by atoms with E-state index in [2.05, 4.69) is 10.6 Å². The van der Waals surface area contributed by atoms with Crippen molar-refractivity contribution < 1.29 is 13.2 Å². The molecule has 0 aliphatic rings. The number of nitrogens with one attached hydrogen (secondary N) is 2. The van der Waals surface area contributed by atoms with Crippen molar-refractivity contribution in [2.45, 2.75) is 24.4 Å². The highest BCUT2D eigenvalue weighted by molar-refractivity contribution is 7.90. The molecule has 0 saturated heterocycles. The molecule has 0 radical (unpaired) electrons. The molecular formula is C12H18N2O3S. The number of benzene rings is 1. The van der Waals surface area contributed by atoms with Crippen LogP contribution >= 0.6 is 0 Å². The first-order valence-electron chi connectivity index (χ1n) is 5.58. The van der Waals surface area contributed by atoms with E-state index in [0.29, 0.717) is 6.54 Å². The Bertz CT molecular complexity index is 509. The van der Waals surface area contributed by atoms with Gasteiger partial charge in [-0.05, 0) is 31.7 Å². The molecule has 0 saturated carbocycles. The topological polar surface area (TPSA) is 75.3 Å². The van der Waals surface area contributed by atoms with Gasteiger partial charge in [0.2, 0.25) is 5.91 Å². The molecule has 1 aromatic carbocycles. The fraction of sp³-hybridized carbons (Fsp3) is 0.417. The molecule has 0 bridgehead atoms. The SMILES string of the molecule is CNC(C)C(=O)NCc1ccc(S(C)(=O)=O)cc1. The van der Waals surface area contributed by atoms with Crippen molar-refractivity contribution in [3.05, 3.63) is 29.8 Å². The molecule has 18 heavy (non-hydrogen) atoms. The van der Waals surface area contributed by atoms with Crippen molar-refractivity contribution in [3.8, 4) is 0 Å². The Labute approximate surface area is 108 Å². The minimum absolute atomic E-state index is 0.0929. The highest BCUT2D eigenvalue weighted by Gasteiger charge is 2.10. The second kappa shape index (κ2) is 5.97. The summed E-state index contributed by atoms with van der Waals surface area (Å²) in [4.78, 5) is 11.8.